The zero-order chi connectivity index (χ0) is 13.8. The maximum atomic E-state index is 11.9. The topological polar surface area (TPSA) is 72.2 Å². The van der Waals surface area contributed by atoms with Gasteiger partial charge in [-0.3, -0.25) is 14.9 Å². The maximum Gasteiger partial charge on any atom is 0.272 e. The number of nitrogens with one attached hydrogen (secondary N) is 1. The number of amides is 1. The van der Waals surface area contributed by atoms with Gasteiger partial charge >= 0.3 is 0 Å². The molecule has 0 aliphatic carbocycles. The van der Waals surface area contributed by atoms with E-state index in [0.717, 1.165) is 19.3 Å². The van der Waals surface area contributed by atoms with Crippen molar-refractivity contribution in [2.75, 3.05) is 6.54 Å². The van der Waals surface area contributed by atoms with Crippen LogP contribution in [0.15, 0.2) is 18.2 Å². The first kappa shape index (κ1) is 13.8. The average Bonchev–Trinajstić information content (AvgIpc) is 2.55. The largest absolute Gasteiger partial charge is 0.356 e. The molecule has 1 aliphatic heterocycles. The van der Waals surface area contributed by atoms with Crippen molar-refractivity contribution in [3.8, 4) is 0 Å². The summed E-state index contributed by atoms with van der Waals surface area (Å²) in [6.07, 6.45) is 3.04. The molecule has 1 aliphatic rings. The fourth-order valence-electron chi connectivity index (χ4n) is 2.36. The van der Waals surface area contributed by atoms with Crippen molar-refractivity contribution in [2.24, 2.45) is 5.92 Å². The first-order valence-corrected chi connectivity index (χ1v) is 6.66. The van der Waals surface area contributed by atoms with Crippen molar-refractivity contribution in [1.82, 2.24) is 5.32 Å². The molecule has 2 rings (SSSR count). The lowest BCUT2D eigenvalue weighted by atomic mass is 9.93. The van der Waals surface area contributed by atoms with Crippen LogP contribution in [0.3, 0.4) is 0 Å². The van der Waals surface area contributed by atoms with Crippen LogP contribution in [0.4, 0.5) is 5.69 Å². The number of hydrogen-bond acceptors (Lipinski definition) is 3. The Bertz CT molecular complexity index is 505. The zero-order valence-electron chi connectivity index (χ0n) is 10.4. The van der Waals surface area contributed by atoms with Crippen molar-refractivity contribution < 1.29 is 9.72 Å². The van der Waals surface area contributed by atoms with Crippen LogP contribution in [0.5, 0.6) is 0 Å². The van der Waals surface area contributed by atoms with Crippen LogP contribution in [-0.2, 0) is 11.2 Å². The Balaban J connectivity index is 2.23. The van der Waals surface area contributed by atoms with Gasteiger partial charge in [0.05, 0.1) is 4.92 Å². The molecule has 0 saturated carbocycles. The van der Waals surface area contributed by atoms with E-state index in [4.69, 9.17) is 11.6 Å². The molecule has 1 saturated heterocycles. The highest BCUT2D eigenvalue weighted by atomic mass is 35.5. The van der Waals surface area contributed by atoms with Crippen molar-refractivity contribution in [1.29, 1.82) is 0 Å². The summed E-state index contributed by atoms with van der Waals surface area (Å²) in [5.74, 6) is -0.230. The lowest BCUT2D eigenvalue weighted by Crippen LogP contribution is -2.30. The molecule has 19 heavy (non-hydrogen) atoms. The minimum atomic E-state index is -0.430. The fraction of sp³-hybridized carbons (Fsp3) is 0.462. The molecular weight excluding hydrogens is 268 g/mol. The highest BCUT2D eigenvalue weighted by Crippen LogP contribution is 2.27. The molecule has 0 aromatic heterocycles. The van der Waals surface area contributed by atoms with E-state index in [1.807, 2.05) is 0 Å². The van der Waals surface area contributed by atoms with Crippen molar-refractivity contribution >= 4 is 23.2 Å². The standard InChI is InChI=1S/C13H15ClN2O3/c14-11-4-5-12(16(18)19)10(8-11)7-9-3-1-2-6-15-13(9)17/h4-5,8-9H,1-3,6-7H2,(H,15,17). The highest BCUT2D eigenvalue weighted by molar-refractivity contribution is 6.30. The number of benzene rings is 1. The van der Waals surface area contributed by atoms with Crippen molar-refractivity contribution in [2.45, 2.75) is 25.7 Å². The average molecular weight is 283 g/mol. The van der Waals surface area contributed by atoms with Gasteiger partial charge in [-0.1, -0.05) is 18.0 Å². The van der Waals surface area contributed by atoms with Crippen molar-refractivity contribution in [3.05, 3.63) is 38.9 Å². The normalized spacial score (nSPS) is 19.6. The predicted octanol–water partition coefficient (Wildman–Crippen LogP) is 2.71. The minimum absolute atomic E-state index is 0.0215. The van der Waals surface area contributed by atoms with Gasteiger partial charge in [-0.05, 0) is 31.4 Å². The first-order chi connectivity index (χ1) is 9.08. The van der Waals surface area contributed by atoms with E-state index in [1.54, 1.807) is 6.07 Å². The molecule has 1 aromatic rings. The first-order valence-electron chi connectivity index (χ1n) is 6.28. The SMILES string of the molecule is O=C1NCCCCC1Cc1cc(Cl)ccc1[N+](=O)[O-]. The Labute approximate surface area is 116 Å². The summed E-state index contributed by atoms with van der Waals surface area (Å²) in [7, 11) is 0. The molecule has 0 spiro atoms. The van der Waals surface area contributed by atoms with E-state index in [1.165, 1.54) is 12.1 Å². The van der Waals surface area contributed by atoms with Gasteiger partial charge in [0.1, 0.15) is 0 Å². The second-order valence-corrected chi connectivity index (χ2v) is 5.15. The summed E-state index contributed by atoms with van der Waals surface area (Å²) < 4.78 is 0. The smallest absolute Gasteiger partial charge is 0.272 e. The third-order valence-corrected chi connectivity index (χ3v) is 3.59. The van der Waals surface area contributed by atoms with Crippen LogP contribution >= 0.6 is 11.6 Å². The molecule has 1 amide bonds. The van der Waals surface area contributed by atoms with Crippen LogP contribution in [0.1, 0.15) is 24.8 Å². The van der Waals surface area contributed by atoms with Crippen LogP contribution in [0.25, 0.3) is 0 Å². The third kappa shape index (κ3) is 3.44. The Kier molecular flexibility index (Phi) is 4.37. The Morgan fingerprint density at radius 1 is 1.42 bits per heavy atom. The predicted molar refractivity (Wildman–Crippen MR) is 72.2 cm³/mol. The van der Waals surface area contributed by atoms with E-state index >= 15 is 0 Å². The molecule has 1 fully saturated rings. The number of carbonyl (C=O) groups is 1. The van der Waals surface area contributed by atoms with Crippen molar-refractivity contribution in [3.63, 3.8) is 0 Å². The molecule has 1 heterocycles. The summed E-state index contributed by atoms with van der Waals surface area (Å²) in [5.41, 5.74) is 0.556. The van der Waals surface area contributed by atoms with E-state index in [0.29, 0.717) is 23.6 Å². The summed E-state index contributed by atoms with van der Waals surface area (Å²) in [5, 5.41) is 14.3. The summed E-state index contributed by atoms with van der Waals surface area (Å²) in [6.45, 7) is 0.687. The number of nitro benzene ring substituents is 1. The van der Waals surface area contributed by atoms with Gasteiger partial charge in [0.25, 0.3) is 5.69 Å². The Hall–Kier alpha value is -1.62. The highest BCUT2D eigenvalue weighted by Gasteiger charge is 2.24. The maximum absolute atomic E-state index is 11.9. The second kappa shape index (κ2) is 6.02. The van der Waals surface area contributed by atoms with Crippen LogP contribution in [0, 0.1) is 16.0 Å². The minimum Gasteiger partial charge on any atom is -0.356 e. The van der Waals surface area contributed by atoms with E-state index < -0.39 is 4.92 Å². The summed E-state index contributed by atoms with van der Waals surface area (Å²) in [4.78, 5) is 22.4. The van der Waals surface area contributed by atoms with Gasteiger partial charge in [-0.2, -0.15) is 0 Å². The zero-order valence-corrected chi connectivity index (χ0v) is 11.2. The molecule has 6 heteroatoms. The summed E-state index contributed by atoms with van der Waals surface area (Å²) >= 11 is 5.88. The number of nitrogens with zero attached hydrogens (tertiary/aromatic N) is 1. The summed E-state index contributed by atoms with van der Waals surface area (Å²) in [6, 6.07) is 4.47. The molecule has 5 nitrogen and oxygen atoms in total. The van der Waals surface area contributed by atoms with Gasteiger partial charge in [-0.15, -0.1) is 0 Å². The lowest BCUT2D eigenvalue weighted by Gasteiger charge is -2.13. The number of carbonyl (C=O) groups excluding carboxylic acids is 1. The quantitative estimate of drug-likeness (QED) is 0.684. The van der Waals surface area contributed by atoms with Crippen LogP contribution < -0.4 is 5.32 Å². The van der Waals surface area contributed by atoms with E-state index in [2.05, 4.69) is 5.32 Å². The number of hydrogen-bond donors (Lipinski definition) is 1. The molecule has 1 aromatic carbocycles. The molecule has 1 N–H and O–H groups in total. The molecule has 0 bridgehead atoms. The molecule has 1 unspecified atom stereocenters. The van der Waals surface area contributed by atoms with Gasteiger partial charge in [0.15, 0.2) is 0 Å². The van der Waals surface area contributed by atoms with Gasteiger partial charge in [0, 0.05) is 29.1 Å². The van der Waals surface area contributed by atoms with Gasteiger partial charge in [0.2, 0.25) is 5.91 Å². The fourth-order valence-corrected chi connectivity index (χ4v) is 2.55. The number of nitro groups is 1. The second-order valence-electron chi connectivity index (χ2n) is 4.72. The van der Waals surface area contributed by atoms with Crippen LogP contribution in [0.2, 0.25) is 5.02 Å². The molecule has 0 radical (unpaired) electrons. The number of rotatable bonds is 3. The van der Waals surface area contributed by atoms with E-state index in [9.17, 15) is 14.9 Å². The van der Waals surface area contributed by atoms with Crippen LogP contribution in [-0.4, -0.2) is 17.4 Å². The van der Waals surface area contributed by atoms with E-state index in [-0.39, 0.29) is 17.5 Å². The van der Waals surface area contributed by atoms with Gasteiger partial charge in [-0.25, -0.2) is 0 Å². The lowest BCUT2D eigenvalue weighted by molar-refractivity contribution is -0.385. The number of halogens is 1. The van der Waals surface area contributed by atoms with Gasteiger partial charge < -0.3 is 5.32 Å². The Morgan fingerprint density at radius 3 is 2.95 bits per heavy atom. The monoisotopic (exact) mass is 282 g/mol. The Morgan fingerprint density at radius 2 is 2.21 bits per heavy atom. The molecule has 1 atom stereocenters. The molecule has 102 valence electrons. The molecular formula is C13H15ClN2O3. The third-order valence-electron chi connectivity index (χ3n) is 3.35.